The van der Waals surface area contributed by atoms with Crippen LogP contribution in [0.1, 0.15) is 0 Å². The first-order valence-electron chi connectivity index (χ1n) is 6.90. The molecule has 4 rings (SSSR count). The van der Waals surface area contributed by atoms with Crippen LogP contribution >= 0.6 is 15.9 Å². The number of rotatable bonds is 2. The first-order valence-corrected chi connectivity index (χ1v) is 7.69. The summed E-state index contributed by atoms with van der Waals surface area (Å²) in [6.07, 6.45) is 5.35. The van der Waals surface area contributed by atoms with Gasteiger partial charge in [0.1, 0.15) is 11.4 Å². The highest BCUT2D eigenvalue weighted by atomic mass is 79.9. The molecule has 0 atom stereocenters. The molecule has 0 saturated carbocycles. The minimum Gasteiger partial charge on any atom is -0.366 e. The molecule has 0 spiro atoms. The molecule has 3 aromatic heterocycles. The van der Waals surface area contributed by atoms with Crippen LogP contribution in [0.3, 0.4) is 0 Å². The van der Waals surface area contributed by atoms with Gasteiger partial charge in [0.15, 0.2) is 0 Å². The van der Waals surface area contributed by atoms with E-state index in [9.17, 15) is 0 Å². The molecule has 112 valence electrons. The number of para-hydroxylation sites is 1. The van der Waals surface area contributed by atoms with Crippen LogP contribution in [-0.4, -0.2) is 25.1 Å². The van der Waals surface area contributed by atoms with E-state index in [1.807, 2.05) is 36.5 Å². The van der Waals surface area contributed by atoms with E-state index >= 15 is 0 Å². The summed E-state index contributed by atoms with van der Waals surface area (Å²) in [6.45, 7) is 0. The van der Waals surface area contributed by atoms with Crippen molar-refractivity contribution in [3.63, 3.8) is 0 Å². The number of hydrogen-bond acceptors (Lipinski definition) is 5. The van der Waals surface area contributed by atoms with E-state index in [1.54, 1.807) is 12.4 Å². The normalized spacial score (nSPS) is 11.0. The van der Waals surface area contributed by atoms with E-state index in [-0.39, 0.29) is 5.95 Å². The molecule has 3 N–H and O–H groups in total. The highest BCUT2D eigenvalue weighted by Gasteiger charge is 2.16. The summed E-state index contributed by atoms with van der Waals surface area (Å²) in [7, 11) is 0. The Hall–Kier alpha value is -2.80. The lowest BCUT2D eigenvalue weighted by atomic mass is 10.1. The van der Waals surface area contributed by atoms with Crippen molar-refractivity contribution >= 4 is 32.8 Å². The van der Waals surface area contributed by atoms with Gasteiger partial charge < -0.3 is 10.7 Å². The Morgan fingerprint density at radius 2 is 1.91 bits per heavy atom. The fourth-order valence-electron chi connectivity index (χ4n) is 2.53. The predicted molar refractivity (Wildman–Crippen MR) is 92.5 cm³/mol. The van der Waals surface area contributed by atoms with Crippen molar-refractivity contribution in [1.29, 1.82) is 0 Å². The number of benzene rings is 1. The average molecular weight is 367 g/mol. The Morgan fingerprint density at radius 1 is 1.04 bits per heavy atom. The van der Waals surface area contributed by atoms with E-state index in [2.05, 4.69) is 41.1 Å². The van der Waals surface area contributed by atoms with Crippen LogP contribution in [0.4, 0.5) is 5.95 Å². The molecule has 0 amide bonds. The zero-order chi connectivity index (χ0) is 15.8. The summed E-state index contributed by atoms with van der Waals surface area (Å²) in [5.41, 5.74) is 9.85. The molecule has 0 aliphatic carbocycles. The van der Waals surface area contributed by atoms with Crippen molar-refractivity contribution in [2.24, 2.45) is 0 Å². The lowest BCUT2D eigenvalue weighted by molar-refractivity contribution is 0.996. The van der Waals surface area contributed by atoms with Crippen molar-refractivity contribution in [1.82, 2.24) is 25.1 Å². The molecule has 23 heavy (non-hydrogen) atoms. The summed E-state index contributed by atoms with van der Waals surface area (Å²) in [5.74, 6) is 0.136. The summed E-state index contributed by atoms with van der Waals surface area (Å²) < 4.78 is 0.860. The molecule has 3 heterocycles. The fraction of sp³-hybridized carbons (Fsp3) is 0. The van der Waals surface area contributed by atoms with Gasteiger partial charge in [-0.15, -0.1) is 10.2 Å². The minimum absolute atomic E-state index is 0.136. The van der Waals surface area contributed by atoms with Crippen molar-refractivity contribution in [3.8, 4) is 22.5 Å². The van der Waals surface area contributed by atoms with Crippen LogP contribution in [0.15, 0.2) is 53.4 Å². The summed E-state index contributed by atoms with van der Waals surface area (Å²) in [6, 6.07) is 9.93. The maximum atomic E-state index is 5.77. The van der Waals surface area contributed by atoms with Crippen LogP contribution in [0.25, 0.3) is 33.4 Å². The standard InChI is InChI=1S/C16H11BrN6/c17-10-5-9(6-19-7-10)14-15(21-16(18)23-22-14)12-8-20-13-4-2-1-3-11(12)13/h1-8,20H,(H2,18,21,23). The number of H-pyrrole nitrogens is 1. The van der Waals surface area contributed by atoms with Gasteiger partial charge in [-0.2, -0.15) is 0 Å². The Balaban J connectivity index is 2.00. The van der Waals surface area contributed by atoms with Crippen LogP contribution in [0.2, 0.25) is 0 Å². The van der Waals surface area contributed by atoms with E-state index in [0.29, 0.717) is 11.4 Å². The highest BCUT2D eigenvalue weighted by Crippen LogP contribution is 2.33. The number of anilines is 1. The van der Waals surface area contributed by atoms with Crippen LogP contribution in [0.5, 0.6) is 0 Å². The summed E-state index contributed by atoms with van der Waals surface area (Å²) >= 11 is 3.43. The number of aromatic nitrogens is 5. The number of nitrogens with one attached hydrogen (secondary N) is 1. The van der Waals surface area contributed by atoms with Crippen LogP contribution < -0.4 is 5.73 Å². The number of nitrogen functional groups attached to an aromatic ring is 1. The zero-order valence-corrected chi connectivity index (χ0v) is 13.4. The number of halogens is 1. The summed E-state index contributed by atoms with van der Waals surface area (Å²) in [4.78, 5) is 11.8. The van der Waals surface area contributed by atoms with Gasteiger partial charge >= 0.3 is 0 Å². The first kappa shape index (κ1) is 13.8. The third-order valence-corrected chi connectivity index (χ3v) is 3.96. The van der Waals surface area contributed by atoms with Gasteiger partial charge in [-0.1, -0.05) is 18.2 Å². The molecule has 0 fully saturated rings. The van der Waals surface area contributed by atoms with E-state index < -0.39 is 0 Å². The molecule has 0 saturated heterocycles. The third kappa shape index (κ3) is 2.44. The van der Waals surface area contributed by atoms with Crippen molar-refractivity contribution < 1.29 is 0 Å². The topological polar surface area (TPSA) is 93.4 Å². The van der Waals surface area contributed by atoms with Gasteiger partial charge in [0.25, 0.3) is 0 Å². The number of nitrogens with zero attached hydrogens (tertiary/aromatic N) is 4. The average Bonchev–Trinajstić information content (AvgIpc) is 2.98. The van der Waals surface area contributed by atoms with Crippen LogP contribution in [-0.2, 0) is 0 Å². The zero-order valence-electron chi connectivity index (χ0n) is 11.9. The van der Waals surface area contributed by atoms with E-state index in [0.717, 1.165) is 26.5 Å². The van der Waals surface area contributed by atoms with Crippen molar-refractivity contribution in [3.05, 3.63) is 53.4 Å². The number of nitrogens with two attached hydrogens (primary N) is 1. The first-order chi connectivity index (χ1) is 11.2. The summed E-state index contributed by atoms with van der Waals surface area (Å²) in [5, 5.41) is 9.19. The Morgan fingerprint density at radius 3 is 2.78 bits per heavy atom. The quantitative estimate of drug-likeness (QED) is 0.566. The van der Waals surface area contributed by atoms with Crippen molar-refractivity contribution in [2.75, 3.05) is 5.73 Å². The lowest BCUT2D eigenvalue weighted by Crippen LogP contribution is -2.02. The second kappa shape index (κ2) is 5.44. The molecule has 0 bridgehead atoms. The maximum absolute atomic E-state index is 5.77. The van der Waals surface area contributed by atoms with Crippen molar-refractivity contribution in [2.45, 2.75) is 0 Å². The molecular weight excluding hydrogens is 356 g/mol. The van der Waals surface area contributed by atoms with Gasteiger partial charge in [0.2, 0.25) is 5.95 Å². The largest absolute Gasteiger partial charge is 0.366 e. The number of aromatic amines is 1. The molecule has 1 aromatic carbocycles. The predicted octanol–water partition coefficient (Wildman–Crippen LogP) is 3.43. The monoisotopic (exact) mass is 366 g/mol. The minimum atomic E-state index is 0.136. The molecule has 0 aliphatic heterocycles. The number of hydrogen-bond donors (Lipinski definition) is 2. The van der Waals surface area contributed by atoms with E-state index in [1.165, 1.54) is 0 Å². The van der Waals surface area contributed by atoms with Gasteiger partial charge in [0, 0.05) is 45.1 Å². The Bertz CT molecular complexity index is 1010. The molecule has 7 heteroatoms. The molecule has 4 aromatic rings. The highest BCUT2D eigenvalue weighted by molar-refractivity contribution is 9.10. The smallest absolute Gasteiger partial charge is 0.240 e. The molecule has 6 nitrogen and oxygen atoms in total. The second-order valence-electron chi connectivity index (χ2n) is 5.01. The number of pyridine rings is 1. The molecule has 0 unspecified atom stereocenters. The maximum Gasteiger partial charge on any atom is 0.240 e. The Kier molecular flexibility index (Phi) is 3.27. The van der Waals surface area contributed by atoms with Gasteiger partial charge in [-0.25, -0.2) is 4.98 Å². The SMILES string of the molecule is Nc1nnc(-c2cncc(Br)c2)c(-c2c[nH]c3ccccc23)n1. The second-order valence-corrected chi connectivity index (χ2v) is 5.92. The lowest BCUT2D eigenvalue weighted by Gasteiger charge is -2.07. The molecule has 0 radical (unpaired) electrons. The van der Waals surface area contributed by atoms with E-state index in [4.69, 9.17) is 5.73 Å². The Labute approximate surface area is 139 Å². The third-order valence-electron chi connectivity index (χ3n) is 3.53. The fourth-order valence-corrected chi connectivity index (χ4v) is 2.89. The van der Waals surface area contributed by atoms with Gasteiger partial charge in [0.05, 0.1) is 0 Å². The molecule has 0 aliphatic rings. The van der Waals surface area contributed by atoms with Gasteiger partial charge in [-0.3, -0.25) is 4.98 Å². The van der Waals surface area contributed by atoms with Gasteiger partial charge in [-0.05, 0) is 28.1 Å². The number of fused-ring (bicyclic) bond motifs is 1. The van der Waals surface area contributed by atoms with Crippen LogP contribution in [0, 0.1) is 0 Å². The molecular formula is C16H11BrN6.